The number of fused-ring (bicyclic) bond motifs is 1. The molecule has 1 heterocycles. The molecule has 1 aliphatic heterocycles. The van der Waals surface area contributed by atoms with Crippen molar-refractivity contribution in [3.05, 3.63) is 135 Å². The fourth-order valence-corrected chi connectivity index (χ4v) is 6.29. The molecule has 0 saturated carbocycles. The van der Waals surface area contributed by atoms with Crippen molar-refractivity contribution < 1.29 is 22.9 Å². The zero-order chi connectivity index (χ0) is 28.5. The maximum atomic E-state index is 13.9. The van der Waals surface area contributed by atoms with Crippen molar-refractivity contribution in [3.8, 4) is 0 Å². The molecule has 11 heteroatoms. The van der Waals surface area contributed by atoms with Crippen LogP contribution in [0.2, 0.25) is 0 Å². The number of nitro benzene ring substituents is 1. The van der Waals surface area contributed by atoms with Crippen LogP contribution >= 0.6 is 0 Å². The lowest BCUT2D eigenvalue weighted by Gasteiger charge is -2.37. The Hall–Kier alpha value is -5.03. The first-order chi connectivity index (χ1) is 19.1. The molecule has 1 aliphatic rings. The number of rotatable bonds is 9. The lowest BCUT2D eigenvalue weighted by Crippen LogP contribution is -2.54. The van der Waals surface area contributed by atoms with E-state index in [0.717, 1.165) is 23.3 Å². The van der Waals surface area contributed by atoms with Crippen molar-refractivity contribution in [3.63, 3.8) is 0 Å². The van der Waals surface area contributed by atoms with E-state index in [0.29, 0.717) is 5.56 Å². The number of hydrogen-bond acceptors (Lipinski definition) is 6. The van der Waals surface area contributed by atoms with Crippen LogP contribution < -0.4 is 10.5 Å². The van der Waals surface area contributed by atoms with E-state index in [9.17, 15) is 28.1 Å². The van der Waals surface area contributed by atoms with E-state index in [2.05, 4.69) is 4.72 Å². The molecule has 0 radical (unpaired) electrons. The van der Waals surface area contributed by atoms with Gasteiger partial charge in [0.2, 0.25) is 5.91 Å². The predicted molar refractivity (Wildman–Crippen MR) is 148 cm³/mol. The molecule has 0 aliphatic carbocycles. The SMILES string of the molecule is NC(=O)C1(Cc2ccccc2)c2ccc(NS(=O)(=O)c3ccccc3[N+](=O)[O-])cc2C(=O)N1Cc1ccccc1. The van der Waals surface area contributed by atoms with Gasteiger partial charge in [-0.1, -0.05) is 78.9 Å². The highest BCUT2D eigenvalue weighted by atomic mass is 32.2. The first kappa shape index (κ1) is 26.6. The molecule has 4 aromatic carbocycles. The van der Waals surface area contributed by atoms with Crippen LogP contribution in [0.3, 0.4) is 0 Å². The average Bonchev–Trinajstić information content (AvgIpc) is 3.17. The first-order valence-electron chi connectivity index (χ1n) is 12.2. The van der Waals surface area contributed by atoms with Crippen molar-refractivity contribution in [1.29, 1.82) is 0 Å². The summed E-state index contributed by atoms with van der Waals surface area (Å²) in [6, 6.07) is 27.5. The molecule has 1 unspecified atom stereocenters. The number of primary amides is 1. The third-order valence-corrected chi connectivity index (χ3v) is 8.33. The maximum absolute atomic E-state index is 13.9. The van der Waals surface area contributed by atoms with E-state index < -0.39 is 42.9 Å². The molecule has 202 valence electrons. The van der Waals surface area contributed by atoms with E-state index in [-0.39, 0.29) is 24.2 Å². The largest absolute Gasteiger partial charge is 0.367 e. The van der Waals surface area contributed by atoms with Crippen molar-refractivity contribution >= 4 is 33.2 Å². The van der Waals surface area contributed by atoms with E-state index in [1.54, 1.807) is 0 Å². The number of anilines is 1. The van der Waals surface area contributed by atoms with Crippen molar-refractivity contribution in [1.82, 2.24) is 4.90 Å². The molecule has 0 aromatic heterocycles. The molecule has 0 spiro atoms. The van der Waals surface area contributed by atoms with Crippen molar-refractivity contribution in [2.75, 3.05) is 4.72 Å². The van der Waals surface area contributed by atoms with Gasteiger partial charge >= 0.3 is 0 Å². The Morgan fingerprint density at radius 3 is 2.12 bits per heavy atom. The second-order valence-electron chi connectivity index (χ2n) is 9.35. The second-order valence-corrected chi connectivity index (χ2v) is 11.0. The summed E-state index contributed by atoms with van der Waals surface area (Å²) in [6.45, 7) is 0.0847. The predicted octanol–water partition coefficient (Wildman–Crippen LogP) is 3.97. The zero-order valence-electron chi connectivity index (χ0n) is 21.1. The molecule has 1 atom stereocenters. The highest BCUT2D eigenvalue weighted by Crippen LogP contribution is 2.44. The van der Waals surface area contributed by atoms with Crippen molar-refractivity contribution in [2.24, 2.45) is 5.73 Å². The van der Waals surface area contributed by atoms with E-state index in [4.69, 9.17) is 5.73 Å². The van der Waals surface area contributed by atoms with Crippen LogP contribution in [0.25, 0.3) is 0 Å². The summed E-state index contributed by atoms with van der Waals surface area (Å²) in [5.74, 6) is -1.23. The van der Waals surface area contributed by atoms with Gasteiger partial charge in [-0.15, -0.1) is 0 Å². The van der Waals surface area contributed by atoms with Gasteiger partial charge in [-0.05, 0) is 29.3 Å². The quantitative estimate of drug-likeness (QED) is 0.235. The third kappa shape index (κ3) is 4.67. The van der Waals surface area contributed by atoms with Gasteiger partial charge in [0, 0.05) is 35.8 Å². The summed E-state index contributed by atoms with van der Waals surface area (Å²) >= 11 is 0. The van der Waals surface area contributed by atoms with Crippen LogP contribution in [0.15, 0.2) is 108 Å². The fraction of sp³-hybridized carbons (Fsp3) is 0.103. The zero-order valence-corrected chi connectivity index (χ0v) is 21.9. The Morgan fingerprint density at radius 2 is 1.50 bits per heavy atom. The summed E-state index contributed by atoms with van der Waals surface area (Å²) < 4.78 is 28.5. The van der Waals surface area contributed by atoms with Gasteiger partial charge in [0.25, 0.3) is 21.6 Å². The molecule has 3 N–H and O–H groups in total. The van der Waals surface area contributed by atoms with Crippen LogP contribution in [-0.2, 0) is 33.3 Å². The van der Waals surface area contributed by atoms with Gasteiger partial charge in [0.05, 0.1) is 4.92 Å². The van der Waals surface area contributed by atoms with Crippen LogP contribution in [0.1, 0.15) is 27.0 Å². The molecular formula is C29H24N4O6S. The number of carbonyl (C=O) groups excluding carboxylic acids is 2. The highest BCUT2D eigenvalue weighted by Gasteiger charge is 2.54. The van der Waals surface area contributed by atoms with Crippen molar-refractivity contribution in [2.45, 2.75) is 23.4 Å². The molecule has 0 fully saturated rings. The van der Waals surface area contributed by atoms with Gasteiger partial charge in [-0.25, -0.2) is 8.42 Å². The number of hydrogen-bond donors (Lipinski definition) is 2. The normalized spacial score (nSPS) is 16.4. The summed E-state index contributed by atoms with van der Waals surface area (Å²) in [7, 11) is -4.39. The highest BCUT2D eigenvalue weighted by molar-refractivity contribution is 7.92. The topological polar surface area (TPSA) is 153 Å². The standard InChI is InChI=1S/C29H24N4O6S/c30-28(35)29(18-20-9-3-1-4-10-20)24-16-15-22(31-40(38,39)26-14-8-7-13-25(26)33(36)37)17-23(24)27(34)32(29)19-21-11-5-2-6-12-21/h1-17,31H,18-19H2,(H2,30,35). The minimum Gasteiger partial charge on any atom is -0.367 e. The van der Waals surface area contributed by atoms with Gasteiger partial charge in [-0.3, -0.25) is 24.4 Å². The second kappa shape index (κ2) is 10.3. The monoisotopic (exact) mass is 556 g/mol. The van der Waals surface area contributed by atoms with E-state index >= 15 is 0 Å². The van der Waals surface area contributed by atoms with Crippen LogP contribution in [0, 0.1) is 10.1 Å². The number of sulfonamides is 1. The van der Waals surface area contributed by atoms with E-state index in [1.807, 2.05) is 60.7 Å². The van der Waals surface area contributed by atoms with Gasteiger partial charge in [0.15, 0.2) is 10.4 Å². The fourth-order valence-electron chi connectivity index (χ4n) is 5.06. The molecule has 5 rings (SSSR count). The van der Waals surface area contributed by atoms with Crippen LogP contribution in [0.4, 0.5) is 11.4 Å². The number of benzene rings is 4. The Kier molecular flexibility index (Phi) is 6.82. The summed E-state index contributed by atoms with van der Waals surface area (Å²) in [5, 5.41) is 11.4. The maximum Gasteiger partial charge on any atom is 0.289 e. The number of para-hydroxylation sites is 1. The molecule has 10 nitrogen and oxygen atoms in total. The minimum absolute atomic E-state index is 0.00453. The molecule has 4 aromatic rings. The summed E-state index contributed by atoms with van der Waals surface area (Å²) in [6.07, 6.45) is 0.107. The Labute approximate surface area is 230 Å². The number of amides is 2. The smallest absolute Gasteiger partial charge is 0.289 e. The van der Waals surface area contributed by atoms with Crippen LogP contribution in [0.5, 0.6) is 0 Å². The lowest BCUT2D eigenvalue weighted by molar-refractivity contribution is -0.387. The van der Waals surface area contributed by atoms with E-state index in [1.165, 1.54) is 35.2 Å². The Morgan fingerprint density at radius 1 is 0.900 bits per heavy atom. The third-order valence-electron chi connectivity index (χ3n) is 6.90. The van der Waals surface area contributed by atoms with Gasteiger partial charge in [-0.2, -0.15) is 0 Å². The molecule has 40 heavy (non-hydrogen) atoms. The van der Waals surface area contributed by atoms with Gasteiger partial charge < -0.3 is 10.6 Å². The summed E-state index contributed by atoms with van der Waals surface area (Å²) in [4.78, 5) is 38.7. The number of nitro groups is 1. The number of nitrogens with zero attached hydrogens (tertiary/aromatic N) is 2. The first-order valence-corrected chi connectivity index (χ1v) is 13.7. The minimum atomic E-state index is -4.39. The van der Waals surface area contributed by atoms with Crippen LogP contribution in [-0.4, -0.2) is 30.1 Å². The number of carbonyl (C=O) groups is 2. The molecule has 2 amide bonds. The van der Waals surface area contributed by atoms with Gasteiger partial charge in [0.1, 0.15) is 0 Å². The number of nitrogens with one attached hydrogen (secondary N) is 1. The average molecular weight is 557 g/mol. The number of nitrogens with two attached hydrogens (primary N) is 1. The molecule has 0 bridgehead atoms. The summed E-state index contributed by atoms with van der Waals surface area (Å²) in [5.41, 5.74) is 5.94. The molecule has 0 saturated heterocycles. The lowest BCUT2D eigenvalue weighted by atomic mass is 9.82. The molecular weight excluding hydrogens is 532 g/mol. The Bertz CT molecular complexity index is 1730. The Balaban J connectivity index is 1.60.